The molecule has 0 spiro atoms. The maximum absolute atomic E-state index is 11.7. The lowest BCUT2D eigenvalue weighted by Crippen LogP contribution is -2.37. The zero-order chi connectivity index (χ0) is 15.8. The molecule has 0 saturated carbocycles. The average molecular weight is 384 g/mol. The second-order valence-corrected chi connectivity index (χ2v) is 5.89. The van der Waals surface area contributed by atoms with E-state index in [0.717, 1.165) is 15.8 Å². The Balaban J connectivity index is 1.62. The molecule has 0 saturated heterocycles. The monoisotopic (exact) mass is 382 g/mol. The van der Waals surface area contributed by atoms with Crippen LogP contribution in [0.5, 0.6) is 5.75 Å². The van der Waals surface area contributed by atoms with Gasteiger partial charge < -0.3 is 15.4 Å². The van der Waals surface area contributed by atoms with Gasteiger partial charge in [-0.2, -0.15) is 0 Å². The Kier molecular flexibility index (Phi) is 6.55. The third-order valence-corrected chi connectivity index (χ3v) is 3.56. The van der Waals surface area contributed by atoms with Crippen molar-refractivity contribution in [2.24, 2.45) is 0 Å². The van der Waals surface area contributed by atoms with Gasteiger partial charge in [0.1, 0.15) is 12.4 Å². The fraction of sp³-hybridized carbons (Fsp3) is 0.188. The Bertz CT molecular complexity index is 620. The Morgan fingerprint density at radius 3 is 2.64 bits per heavy atom. The number of urea groups is 1. The van der Waals surface area contributed by atoms with E-state index >= 15 is 0 Å². The van der Waals surface area contributed by atoms with Crippen molar-refractivity contribution >= 4 is 33.6 Å². The Morgan fingerprint density at radius 1 is 1.14 bits per heavy atom. The summed E-state index contributed by atoms with van der Waals surface area (Å²) in [4.78, 5) is 11.7. The van der Waals surface area contributed by atoms with Crippen LogP contribution in [0.2, 0.25) is 5.02 Å². The highest BCUT2D eigenvalue weighted by atomic mass is 79.9. The molecule has 6 heteroatoms. The summed E-state index contributed by atoms with van der Waals surface area (Å²) in [5, 5.41) is 6.19. The molecule has 22 heavy (non-hydrogen) atoms. The minimum Gasteiger partial charge on any atom is -0.492 e. The van der Waals surface area contributed by atoms with Crippen LogP contribution in [0.3, 0.4) is 0 Å². The quantitative estimate of drug-likeness (QED) is 0.741. The normalized spacial score (nSPS) is 10.1. The summed E-state index contributed by atoms with van der Waals surface area (Å²) in [6.45, 7) is 1.29. The lowest BCUT2D eigenvalue weighted by atomic mass is 10.2. The van der Waals surface area contributed by atoms with Crippen LogP contribution in [-0.4, -0.2) is 19.2 Å². The summed E-state index contributed by atoms with van der Waals surface area (Å²) in [5.74, 6) is 0.723. The zero-order valence-electron chi connectivity index (χ0n) is 11.8. The first kappa shape index (κ1) is 16.6. The van der Waals surface area contributed by atoms with Crippen molar-refractivity contribution in [1.82, 2.24) is 10.6 Å². The van der Waals surface area contributed by atoms with Gasteiger partial charge in [0, 0.05) is 16.0 Å². The van der Waals surface area contributed by atoms with E-state index in [1.54, 1.807) is 24.3 Å². The van der Waals surface area contributed by atoms with Gasteiger partial charge in [0.2, 0.25) is 0 Å². The van der Waals surface area contributed by atoms with E-state index in [4.69, 9.17) is 16.3 Å². The number of nitrogens with one attached hydrogen (secondary N) is 2. The van der Waals surface area contributed by atoms with Crippen molar-refractivity contribution in [1.29, 1.82) is 0 Å². The van der Waals surface area contributed by atoms with Gasteiger partial charge in [-0.05, 0) is 42.0 Å². The highest BCUT2D eigenvalue weighted by molar-refractivity contribution is 9.10. The first-order chi connectivity index (χ1) is 10.6. The molecular weight excluding hydrogens is 368 g/mol. The van der Waals surface area contributed by atoms with Gasteiger partial charge in [-0.1, -0.05) is 39.7 Å². The Morgan fingerprint density at radius 2 is 1.91 bits per heavy atom. The molecule has 2 amide bonds. The molecule has 0 heterocycles. The fourth-order valence-electron chi connectivity index (χ4n) is 1.76. The standard InChI is InChI=1S/C16H16BrClN2O2/c17-13-3-1-2-12(10-13)11-20-16(21)19-8-9-22-15-6-4-14(18)5-7-15/h1-7,10H,8-9,11H2,(H2,19,20,21). The second-order valence-electron chi connectivity index (χ2n) is 4.54. The van der Waals surface area contributed by atoms with Crippen molar-refractivity contribution in [2.75, 3.05) is 13.2 Å². The molecular formula is C16H16BrClN2O2. The van der Waals surface area contributed by atoms with Crippen molar-refractivity contribution in [3.8, 4) is 5.75 Å². The Labute approximate surface area is 142 Å². The maximum Gasteiger partial charge on any atom is 0.315 e. The molecule has 4 nitrogen and oxygen atoms in total. The van der Waals surface area contributed by atoms with Crippen molar-refractivity contribution in [3.05, 3.63) is 63.6 Å². The lowest BCUT2D eigenvalue weighted by molar-refractivity contribution is 0.236. The van der Waals surface area contributed by atoms with Gasteiger partial charge in [0.25, 0.3) is 0 Å². The summed E-state index contributed by atoms with van der Waals surface area (Å²) in [7, 11) is 0. The number of ether oxygens (including phenoxy) is 1. The predicted octanol–water partition coefficient (Wildman–Crippen LogP) is 3.98. The SMILES string of the molecule is O=C(NCCOc1ccc(Cl)cc1)NCc1cccc(Br)c1. The molecule has 2 rings (SSSR count). The molecule has 0 fully saturated rings. The number of amides is 2. The number of hydrogen-bond donors (Lipinski definition) is 2. The minimum absolute atomic E-state index is 0.223. The van der Waals surface area contributed by atoms with Gasteiger partial charge in [0.15, 0.2) is 0 Å². The van der Waals surface area contributed by atoms with E-state index in [9.17, 15) is 4.79 Å². The van der Waals surface area contributed by atoms with Crippen molar-refractivity contribution < 1.29 is 9.53 Å². The number of carbonyl (C=O) groups excluding carboxylic acids is 1. The number of carbonyl (C=O) groups is 1. The summed E-state index contributed by atoms with van der Waals surface area (Å²) in [5.41, 5.74) is 1.03. The van der Waals surface area contributed by atoms with Crippen LogP contribution in [-0.2, 0) is 6.54 Å². The van der Waals surface area contributed by atoms with E-state index in [0.29, 0.717) is 24.7 Å². The van der Waals surface area contributed by atoms with Crippen LogP contribution >= 0.6 is 27.5 Å². The lowest BCUT2D eigenvalue weighted by Gasteiger charge is -2.09. The molecule has 2 N–H and O–H groups in total. The third-order valence-electron chi connectivity index (χ3n) is 2.81. The van der Waals surface area contributed by atoms with Gasteiger partial charge in [-0.3, -0.25) is 0 Å². The molecule has 0 bridgehead atoms. The maximum atomic E-state index is 11.7. The summed E-state index contributed by atoms with van der Waals surface area (Å²) in [6, 6.07) is 14.7. The van der Waals surface area contributed by atoms with Crippen molar-refractivity contribution in [2.45, 2.75) is 6.54 Å². The van der Waals surface area contributed by atoms with Gasteiger partial charge in [0.05, 0.1) is 6.54 Å². The van der Waals surface area contributed by atoms with Gasteiger partial charge in [-0.15, -0.1) is 0 Å². The van der Waals surface area contributed by atoms with Crippen LogP contribution < -0.4 is 15.4 Å². The summed E-state index contributed by atoms with van der Waals surface area (Å²) < 4.78 is 6.47. The molecule has 0 aliphatic rings. The van der Waals surface area contributed by atoms with E-state index < -0.39 is 0 Å². The number of benzene rings is 2. The molecule has 0 radical (unpaired) electrons. The van der Waals surface area contributed by atoms with Crippen LogP contribution in [0.25, 0.3) is 0 Å². The van der Waals surface area contributed by atoms with Crippen LogP contribution in [0.15, 0.2) is 53.0 Å². The average Bonchev–Trinajstić information content (AvgIpc) is 2.51. The van der Waals surface area contributed by atoms with Crippen molar-refractivity contribution in [3.63, 3.8) is 0 Å². The van der Waals surface area contributed by atoms with Gasteiger partial charge in [-0.25, -0.2) is 4.79 Å². The van der Waals surface area contributed by atoms with Gasteiger partial charge >= 0.3 is 6.03 Å². The minimum atomic E-state index is -0.223. The topological polar surface area (TPSA) is 50.4 Å². The molecule has 0 aromatic heterocycles. The predicted molar refractivity (Wildman–Crippen MR) is 91.3 cm³/mol. The highest BCUT2D eigenvalue weighted by Gasteiger charge is 2.01. The first-order valence-electron chi connectivity index (χ1n) is 6.78. The van der Waals surface area contributed by atoms with E-state index in [1.807, 2.05) is 24.3 Å². The van der Waals surface area contributed by atoms with E-state index in [-0.39, 0.29) is 6.03 Å². The molecule has 0 unspecified atom stereocenters. The first-order valence-corrected chi connectivity index (χ1v) is 7.95. The third kappa shape index (κ3) is 5.95. The Hall–Kier alpha value is -1.72. The van der Waals surface area contributed by atoms with Crippen LogP contribution in [0, 0.1) is 0 Å². The largest absolute Gasteiger partial charge is 0.492 e. The molecule has 0 atom stereocenters. The van der Waals surface area contributed by atoms with Crippen LogP contribution in [0.1, 0.15) is 5.56 Å². The van der Waals surface area contributed by atoms with E-state index in [1.165, 1.54) is 0 Å². The molecule has 2 aromatic carbocycles. The summed E-state index contributed by atoms with van der Waals surface area (Å²) >= 11 is 9.18. The number of hydrogen-bond acceptors (Lipinski definition) is 2. The molecule has 2 aromatic rings. The smallest absolute Gasteiger partial charge is 0.315 e. The zero-order valence-corrected chi connectivity index (χ0v) is 14.2. The molecule has 116 valence electrons. The molecule has 0 aliphatic heterocycles. The summed E-state index contributed by atoms with van der Waals surface area (Å²) in [6.07, 6.45) is 0. The number of rotatable bonds is 6. The highest BCUT2D eigenvalue weighted by Crippen LogP contribution is 2.15. The number of halogens is 2. The fourth-order valence-corrected chi connectivity index (χ4v) is 2.33. The molecule has 0 aliphatic carbocycles. The van der Waals surface area contributed by atoms with Crippen LogP contribution in [0.4, 0.5) is 4.79 Å². The van der Waals surface area contributed by atoms with E-state index in [2.05, 4.69) is 26.6 Å². The second kappa shape index (κ2) is 8.66.